The quantitative estimate of drug-likeness (QED) is 0.803. The molecule has 0 bridgehead atoms. The molecule has 1 amide bonds. The molecule has 126 valence electrons. The van der Waals surface area contributed by atoms with Crippen molar-refractivity contribution in [1.82, 2.24) is 0 Å². The third kappa shape index (κ3) is 3.22. The lowest BCUT2D eigenvalue weighted by Gasteiger charge is -2.10. The van der Waals surface area contributed by atoms with Gasteiger partial charge in [0.15, 0.2) is 0 Å². The van der Waals surface area contributed by atoms with Gasteiger partial charge in [0.2, 0.25) is 0 Å². The highest BCUT2D eigenvalue weighted by molar-refractivity contribution is 7.15. The predicted molar refractivity (Wildman–Crippen MR) is 96.1 cm³/mol. The number of carbonyl (C=O) groups is 2. The van der Waals surface area contributed by atoms with E-state index in [2.05, 4.69) is 5.32 Å². The van der Waals surface area contributed by atoms with Crippen LogP contribution in [-0.2, 0) is 4.74 Å². The number of hydrogen-bond donors (Lipinski definition) is 1. The molecule has 4 nitrogen and oxygen atoms in total. The maximum atomic E-state index is 12.7. The normalized spacial score (nSPS) is 13.6. The molecule has 5 heteroatoms. The summed E-state index contributed by atoms with van der Waals surface area (Å²) in [5.41, 5.74) is 4.19. The number of nitrogens with one attached hydrogen (secondary N) is 1. The maximum absolute atomic E-state index is 12.7. The van der Waals surface area contributed by atoms with Crippen LogP contribution in [0.2, 0.25) is 0 Å². The smallest absolute Gasteiger partial charge is 0.341 e. The average Bonchev–Trinajstić information content (AvgIpc) is 3.31. The Hall–Kier alpha value is -2.14. The molecule has 1 saturated carbocycles. The Balaban J connectivity index is 1.91. The van der Waals surface area contributed by atoms with Gasteiger partial charge in [-0.1, -0.05) is 12.1 Å². The Bertz CT molecular complexity index is 790. The molecule has 2 aromatic rings. The molecule has 1 N–H and O–H groups in total. The monoisotopic (exact) mass is 343 g/mol. The van der Waals surface area contributed by atoms with Crippen molar-refractivity contribution in [3.05, 3.63) is 51.4 Å². The van der Waals surface area contributed by atoms with E-state index in [9.17, 15) is 9.59 Å². The number of ether oxygens (including phenoxy) is 1. The van der Waals surface area contributed by atoms with Gasteiger partial charge in [-0.2, -0.15) is 0 Å². The van der Waals surface area contributed by atoms with Crippen LogP contribution in [0.4, 0.5) is 5.00 Å². The summed E-state index contributed by atoms with van der Waals surface area (Å²) in [5.74, 6) is -0.116. The van der Waals surface area contributed by atoms with Gasteiger partial charge in [-0.15, -0.1) is 11.3 Å². The van der Waals surface area contributed by atoms with E-state index in [-0.39, 0.29) is 11.9 Å². The molecule has 1 fully saturated rings. The Kier molecular flexibility index (Phi) is 4.71. The molecule has 0 saturated heterocycles. The number of carbonyl (C=O) groups excluding carboxylic acids is 2. The lowest BCUT2D eigenvalue weighted by atomic mass is 10.0. The number of aryl methyl sites for hydroxylation is 1. The Labute approximate surface area is 145 Å². The van der Waals surface area contributed by atoms with Gasteiger partial charge in [0, 0.05) is 5.56 Å². The molecular formula is C19H21NO3S. The Morgan fingerprint density at radius 2 is 2.04 bits per heavy atom. The van der Waals surface area contributed by atoms with Gasteiger partial charge in [-0.05, 0) is 67.7 Å². The van der Waals surface area contributed by atoms with Gasteiger partial charge >= 0.3 is 5.97 Å². The highest BCUT2D eigenvalue weighted by Crippen LogP contribution is 2.46. The van der Waals surface area contributed by atoms with Gasteiger partial charge in [0.25, 0.3) is 5.91 Å². The molecule has 0 spiro atoms. The second kappa shape index (κ2) is 6.77. The Morgan fingerprint density at radius 1 is 1.29 bits per heavy atom. The van der Waals surface area contributed by atoms with Crippen LogP contribution in [0.3, 0.4) is 0 Å². The number of thiophene rings is 1. The summed E-state index contributed by atoms with van der Waals surface area (Å²) in [6.07, 6.45) is 2.18. The SMILES string of the molecule is CCOC(=O)c1c(C2CC2)csc1NC(=O)c1cccc(C)c1C. The van der Waals surface area contributed by atoms with Crippen molar-refractivity contribution in [2.45, 2.75) is 39.5 Å². The minimum atomic E-state index is -0.350. The third-order valence-electron chi connectivity index (χ3n) is 4.39. The molecule has 1 aromatic carbocycles. The summed E-state index contributed by atoms with van der Waals surface area (Å²) < 4.78 is 5.19. The molecule has 1 aliphatic rings. The second-order valence-corrected chi connectivity index (χ2v) is 6.97. The summed E-state index contributed by atoms with van der Waals surface area (Å²) in [5, 5.41) is 5.48. The Morgan fingerprint density at radius 3 is 2.71 bits per heavy atom. The van der Waals surface area contributed by atoms with E-state index in [4.69, 9.17) is 4.74 Å². The number of benzene rings is 1. The van der Waals surface area contributed by atoms with Crippen molar-refractivity contribution >= 4 is 28.2 Å². The van der Waals surface area contributed by atoms with Crippen molar-refractivity contribution in [3.63, 3.8) is 0 Å². The topological polar surface area (TPSA) is 55.4 Å². The van der Waals surface area contributed by atoms with Crippen molar-refractivity contribution in [1.29, 1.82) is 0 Å². The number of rotatable bonds is 5. The summed E-state index contributed by atoms with van der Waals surface area (Å²) in [6, 6.07) is 5.65. The van der Waals surface area contributed by atoms with E-state index in [1.807, 2.05) is 31.4 Å². The van der Waals surface area contributed by atoms with E-state index in [1.54, 1.807) is 13.0 Å². The van der Waals surface area contributed by atoms with E-state index in [0.29, 0.717) is 28.7 Å². The highest BCUT2D eigenvalue weighted by Gasteiger charge is 2.32. The van der Waals surface area contributed by atoms with Crippen LogP contribution < -0.4 is 5.32 Å². The minimum absolute atomic E-state index is 0.189. The van der Waals surface area contributed by atoms with Crippen LogP contribution in [0, 0.1) is 13.8 Å². The van der Waals surface area contributed by atoms with Gasteiger partial charge in [0.05, 0.1) is 12.2 Å². The second-order valence-electron chi connectivity index (χ2n) is 6.09. The van der Waals surface area contributed by atoms with Crippen LogP contribution in [0.1, 0.15) is 63.1 Å². The van der Waals surface area contributed by atoms with Gasteiger partial charge in [-0.3, -0.25) is 4.79 Å². The number of esters is 1. The fourth-order valence-electron chi connectivity index (χ4n) is 2.74. The molecule has 3 rings (SSSR count). The summed E-state index contributed by atoms with van der Waals surface area (Å²) in [6.45, 7) is 6.02. The minimum Gasteiger partial charge on any atom is -0.462 e. The lowest BCUT2D eigenvalue weighted by molar-refractivity contribution is 0.0527. The van der Waals surface area contributed by atoms with E-state index in [0.717, 1.165) is 29.5 Å². The zero-order valence-electron chi connectivity index (χ0n) is 14.1. The van der Waals surface area contributed by atoms with Gasteiger partial charge in [0.1, 0.15) is 5.00 Å². The first-order valence-corrected chi connectivity index (χ1v) is 9.07. The van der Waals surface area contributed by atoms with Crippen molar-refractivity contribution < 1.29 is 14.3 Å². The molecule has 1 aromatic heterocycles. The zero-order chi connectivity index (χ0) is 17.3. The first kappa shape index (κ1) is 16.7. The summed E-state index contributed by atoms with van der Waals surface area (Å²) >= 11 is 1.40. The van der Waals surface area contributed by atoms with E-state index >= 15 is 0 Å². The van der Waals surface area contributed by atoms with Gasteiger partial charge < -0.3 is 10.1 Å². The predicted octanol–water partition coefficient (Wildman–Crippen LogP) is 4.67. The van der Waals surface area contributed by atoms with E-state index in [1.165, 1.54) is 11.3 Å². The molecule has 24 heavy (non-hydrogen) atoms. The van der Waals surface area contributed by atoms with E-state index < -0.39 is 0 Å². The molecule has 0 radical (unpaired) electrons. The van der Waals surface area contributed by atoms with Crippen LogP contribution in [-0.4, -0.2) is 18.5 Å². The molecule has 0 aliphatic heterocycles. The third-order valence-corrected chi connectivity index (χ3v) is 5.31. The zero-order valence-corrected chi connectivity index (χ0v) is 15.0. The highest BCUT2D eigenvalue weighted by atomic mass is 32.1. The molecule has 1 aliphatic carbocycles. The largest absolute Gasteiger partial charge is 0.462 e. The lowest BCUT2D eigenvalue weighted by Crippen LogP contribution is -2.16. The van der Waals surface area contributed by atoms with Crippen LogP contribution in [0.5, 0.6) is 0 Å². The first-order valence-electron chi connectivity index (χ1n) is 8.19. The molecule has 0 unspecified atom stereocenters. The van der Waals surface area contributed by atoms with Crippen LogP contribution in [0.25, 0.3) is 0 Å². The van der Waals surface area contributed by atoms with Crippen molar-refractivity contribution in [2.24, 2.45) is 0 Å². The summed E-state index contributed by atoms with van der Waals surface area (Å²) in [7, 11) is 0. The van der Waals surface area contributed by atoms with Gasteiger partial charge in [-0.25, -0.2) is 4.79 Å². The summed E-state index contributed by atoms with van der Waals surface area (Å²) in [4.78, 5) is 25.0. The fraction of sp³-hybridized carbons (Fsp3) is 0.368. The number of amides is 1. The fourth-order valence-corrected chi connectivity index (χ4v) is 3.77. The van der Waals surface area contributed by atoms with Crippen LogP contribution in [0.15, 0.2) is 23.6 Å². The van der Waals surface area contributed by atoms with Crippen molar-refractivity contribution in [3.8, 4) is 0 Å². The molecule has 1 heterocycles. The maximum Gasteiger partial charge on any atom is 0.341 e. The number of anilines is 1. The molecule has 0 atom stereocenters. The average molecular weight is 343 g/mol. The molecular weight excluding hydrogens is 322 g/mol. The standard InChI is InChI=1S/C19H21NO3S/c1-4-23-19(22)16-15(13-8-9-13)10-24-18(16)20-17(21)14-7-5-6-11(2)12(14)3/h5-7,10,13H,4,8-9H2,1-3H3,(H,20,21). The number of hydrogen-bond acceptors (Lipinski definition) is 4. The van der Waals surface area contributed by atoms with Crippen LogP contribution >= 0.6 is 11.3 Å². The van der Waals surface area contributed by atoms with Crippen molar-refractivity contribution in [2.75, 3.05) is 11.9 Å². The first-order chi connectivity index (χ1) is 11.5.